The largest absolute Gasteiger partial charge is 0.452 e. The molecule has 0 spiro atoms. The fourth-order valence-corrected chi connectivity index (χ4v) is 1.48. The molecule has 0 saturated heterocycles. The molecule has 0 aliphatic rings. The van der Waals surface area contributed by atoms with E-state index in [1.807, 2.05) is 6.92 Å². The Hall–Kier alpha value is -2.08. The van der Waals surface area contributed by atoms with Gasteiger partial charge in [0.15, 0.2) is 6.61 Å². The van der Waals surface area contributed by atoms with E-state index in [0.29, 0.717) is 17.1 Å². The highest BCUT2D eigenvalue weighted by Gasteiger charge is 2.10. The third-order valence-electron chi connectivity index (χ3n) is 2.43. The standard InChI is InChI=1S/C14H17ClN2O4/c1-2-7-16-12(18)8-17-13(19)9-21-14(20)10-3-5-11(15)6-4-10/h3-6H,2,7-9H2,1H3,(H,16,18)(H,17,19). The monoisotopic (exact) mass is 312 g/mol. The minimum Gasteiger partial charge on any atom is -0.452 e. The average molecular weight is 313 g/mol. The lowest BCUT2D eigenvalue weighted by atomic mass is 10.2. The van der Waals surface area contributed by atoms with Crippen molar-refractivity contribution in [1.82, 2.24) is 10.6 Å². The van der Waals surface area contributed by atoms with E-state index in [1.165, 1.54) is 12.1 Å². The van der Waals surface area contributed by atoms with Crippen LogP contribution in [0.4, 0.5) is 0 Å². The molecule has 0 atom stereocenters. The molecule has 0 bridgehead atoms. The topological polar surface area (TPSA) is 84.5 Å². The van der Waals surface area contributed by atoms with Gasteiger partial charge in [0.25, 0.3) is 5.91 Å². The fraction of sp³-hybridized carbons (Fsp3) is 0.357. The summed E-state index contributed by atoms with van der Waals surface area (Å²) in [6.07, 6.45) is 0.818. The van der Waals surface area contributed by atoms with Crippen molar-refractivity contribution in [2.24, 2.45) is 0 Å². The van der Waals surface area contributed by atoms with Crippen LogP contribution >= 0.6 is 11.6 Å². The second kappa shape index (κ2) is 8.97. The number of benzene rings is 1. The van der Waals surface area contributed by atoms with Gasteiger partial charge in [0.05, 0.1) is 12.1 Å². The van der Waals surface area contributed by atoms with Gasteiger partial charge in [-0.1, -0.05) is 18.5 Å². The smallest absolute Gasteiger partial charge is 0.338 e. The van der Waals surface area contributed by atoms with Crippen molar-refractivity contribution in [3.8, 4) is 0 Å². The summed E-state index contributed by atoms with van der Waals surface area (Å²) in [5, 5.41) is 5.47. The van der Waals surface area contributed by atoms with E-state index < -0.39 is 18.5 Å². The van der Waals surface area contributed by atoms with E-state index in [2.05, 4.69) is 10.6 Å². The van der Waals surface area contributed by atoms with Gasteiger partial charge in [-0.2, -0.15) is 0 Å². The maximum Gasteiger partial charge on any atom is 0.338 e. The van der Waals surface area contributed by atoms with Crippen LogP contribution in [0.5, 0.6) is 0 Å². The molecule has 0 aliphatic carbocycles. The number of halogens is 1. The predicted octanol–water partition coefficient (Wildman–Crippen LogP) is 1.14. The van der Waals surface area contributed by atoms with Gasteiger partial charge in [-0.05, 0) is 30.7 Å². The van der Waals surface area contributed by atoms with Gasteiger partial charge in [0.2, 0.25) is 5.91 Å². The minimum absolute atomic E-state index is 0.142. The molecule has 0 saturated carbocycles. The molecule has 21 heavy (non-hydrogen) atoms. The molecule has 1 aromatic carbocycles. The first kappa shape index (κ1) is 17.0. The number of nitrogens with one attached hydrogen (secondary N) is 2. The summed E-state index contributed by atoms with van der Waals surface area (Å²) in [5.41, 5.74) is 0.299. The number of carbonyl (C=O) groups is 3. The Kier molecular flexibility index (Phi) is 7.25. The van der Waals surface area contributed by atoms with Crippen LogP contribution in [0.2, 0.25) is 5.02 Å². The molecule has 114 valence electrons. The van der Waals surface area contributed by atoms with Crippen LogP contribution in [-0.2, 0) is 14.3 Å². The molecule has 1 rings (SSSR count). The Labute approximate surface area is 127 Å². The minimum atomic E-state index is -0.628. The van der Waals surface area contributed by atoms with Crippen LogP contribution in [0.25, 0.3) is 0 Å². The first-order valence-electron chi connectivity index (χ1n) is 6.49. The van der Waals surface area contributed by atoms with Crippen LogP contribution in [0, 0.1) is 0 Å². The summed E-state index contributed by atoms with van der Waals surface area (Å²) in [5.74, 6) is -1.45. The zero-order valence-corrected chi connectivity index (χ0v) is 12.4. The Morgan fingerprint density at radius 1 is 1.10 bits per heavy atom. The van der Waals surface area contributed by atoms with Gasteiger partial charge in [-0.25, -0.2) is 4.79 Å². The third kappa shape index (κ3) is 6.76. The zero-order valence-electron chi connectivity index (χ0n) is 11.6. The van der Waals surface area contributed by atoms with Gasteiger partial charge >= 0.3 is 5.97 Å². The summed E-state index contributed by atoms with van der Waals surface area (Å²) >= 11 is 5.70. The number of rotatable bonds is 7. The number of hydrogen-bond donors (Lipinski definition) is 2. The van der Waals surface area contributed by atoms with Crippen molar-refractivity contribution in [3.05, 3.63) is 34.9 Å². The lowest BCUT2D eigenvalue weighted by Crippen LogP contribution is -2.38. The van der Waals surface area contributed by atoms with E-state index in [1.54, 1.807) is 12.1 Å². The summed E-state index contributed by atoms with van der Waals surface area (Å²) in [7, 11) is 0. The number of amides is 2. The number of ether oxygens (including phenoxy) is 1. The van der Waals surface area contributed by atoms with Crippen LogP contribution in [0.1, 0.15) is 23.7 Å². The molecule has 0 aromatic heterocycles. The van der Waals surface area contributed by atoms with Crippen LogP contribution in [-0.4, -0.2) is 37.5 Å². The van der Waals surface area contributed by atoms with E-state index >= 15 is 0 Å². The second-order valence-electron chi connectivity index (χ2n) is 4.21. The first-order chi connectivity index (χ1) is 10.0. The van der Waals surface area contributed by atoms with Crippen LogP contribution < -0.4 is 10.6 Å². The highest BCUT2D eigenvalue weighted by atomic mass is 35.5. The molecule has 0 fully saturated rings. The molecule has 0 unspecified atom stereocenters. The normalized spacial score (nSPS) is 9.81. The third-order valence-corrected chi connectivity index (χ3v) is 2.68. The van der Waals surface area contributed by atoms with Gasteiger partial charge in [-0.15, -0.1) is 0 Å². The Balaban J connectivity index is 2.28. The van der Waals surface area contributed by atoms with Crippen molar-refractivity contribution in [1.29, 1.82) is 0 Å². The van der Waals surface area contributed by atoms with Crippen molar-refractivity contribution < 1.29 is 19.1 Å². The van der Waals surface area contributed by atoms with Crippen molar-refractivity contribution in [2.75, 3.05) is 19.7 Å². The molecule has 2 N–H and O–H groups in total. The number of carbonyl (C=O) groups excluding carboxylic acids is 3. The summed E-state index contributed by atoms with van der Waals surface area (Å²) in [6, 6.07) is 6.11. The van der Waals surface area contributed by atoms with Gasteiger partial charge in [0.1, 0.15) is 0 Å². The van der Waals surface area contributed by atoms with Gasteiger partial charge in [0, 0.05) is 11.6 Å². The average Bonchev–Trinajstić information content (AvgIpc) is 2.49. The SMILES string of the molecule is CCCNC(=O)CNC(=O)COC(=O)c1ccc(Cl)cc1. The van der Waals surface area contributed by atoms with Gasteiger partial charge < -0.3 is 15.4 Å². The summed E-state index contributed by atoms with van der Waals surface area (Å²) in [4.78, 5) is 34.3. The summed E-state index contributed by atoms with van der Waals surface area (Å²) in [6.45, 7) is 1.90. The first-order valence-corrected chi connectivity index (χ1v) is 6.86. The summed E-state index contributed by atoms with van der Waals surface area (Å²) < 4.78 is 4.82. The molecule has 1 aromatic rings. The second-order valence-corrected chi connectivity index (χ2v) is 4.65. The highest BCUT2D eigenvalue weighted by molar-refractivity contribution is 6.30. The predicted molar refractivity (Wildman–Crippen MR) is 78.0 cm³/mol. The number of hydrogen-bond acceptors (Lipinski definition) is 4. The van der Waals surface area contributed by atoms with E-state index in [4.69, 9.17) is 16.3 Å². The fourth-order valence-electron chi connectivity index (χ4n) is 1.36. The molecule has 2 amide bonds. The van der Waals surface area contributed by atoms with E-state index in [-0.39, 0.29) is 12.5 Å². The molecular weight excluding hydrogens is 296 g/mol. The van der Waals surface area contributed by atoms with Crippen molar-refractivity contribution in [2.45, 2.75) is 13.3 Å². The maximum absolute atomic E-state index is 11.6. The van der Waals surface area contributed by atoms with Gasteiger partial charge in [-0.3, -0.25) is 9.59 Å². The van der Waals surface area contributed by atoms with Crippen LogP contribution in [0.15, 0.2) is 24.3 Å². The van der Waals surface area contributed by atoms with Crippen molar-refractivity contribution >= 4 is 29.4 Å². The Morgan fingerprint density at radius 3 is 2.38 bits per heavy atom. The van der Waals surface area contributed by atoms with E-state index in [0.717, 1.165) is 6.42 Å². The molecule has 0 heterocycles. The van der Waals surface area contributed by atoms with E-state index in [9.17, 15) is 14.4 Å². The number of esters is 1. The lowest BCUT2D eigenvalue weighted by molar-refractivity contribution is -0.127. The molecule has 6 nitrogen and oxygen atoms in total. The molecular formula is C14H17ClN2O4. The van der Waals surface area contributed by atoms with Crippen molar-refractivity contribution in [3.63, 3.8) is 0 Å². The maximum atomic E-state index is 11.6. The van der Waals surface area contributed by atoms with Crippen LogP contribution in [0.3, 0.4) is 0 Å². The highest BCUT2D eigenvalue weighted by Crippen LogP contribution is 2.10. The Morgan fingerprint density at radius 2 is 1.76 bits per heavy atom. The molecule has 0 radical (unpaired) electrons. The molecule has 7 heteroatoms. The lowest BCUT2D eigenvalue weighted by Gasteiger charge is -2.07. The molecule has 0 aliphatic heterocycles. The zero-order chi connectivity index (χ0) is 15.7. The Bertz CT molecular complexity index is 502. The quantitative estimate of drug-likeness (QED) is 0.739.